The summed E-state index contributed by atoms with van der Waals surface area (Å²) in [5, 5.41) is 8.94. The van der Waals surface area contributed by atoms with Gasteiger partial charge in [-0.3, -0.25) is 0 Å². The van der Waals surface area contributed by atoms with Crippen LogP contribution in [0.15, 0.2) is 10.3 Å². The number of aromatic carboxylic acids is 1. The molecule has 2 N–H and O–H groups in total. The quantitative estimate of drug-likeness (QED) is 0.864. The number of carboxylic acid groups (broad SMARTS) is 1. The molecule has 8 heteroatoms. The molecule has 1 aromatic heterocycles. The Morgan fingerprint density at radius 2 is 2.32 bits per heavy atom. The Morgan fingerprint density at radius 1 is 1.58 bits per heavy atom. The highest BCUT2D eigenvalue weighted by atomic mass is 32.2. The van der Waals surface area contributed by atoms with Crippen molar-refractivity contribution in [2.75, 3.05) is 18.1 Å². The maximum absolute atomic E-state index is 12.1. The third kappa shape index (κ3) is 3.50. The molecule has 0 aliphatic carbocycles. The van der Waals surface area contributed by atoms with Crippen molar-refractivity contribution < 1.29 is 18.3 Å². The number of hydrogen-bond acceptors (Lipinski definition) is 5. The van der Waals surface area contributed by atoms with Gasteiger partial charge in [0.05, 0.1) is 0 Å². The fourth-order valence-electron chi connectivity index (χ4n) is 1.84. The van der Waals surface area contributed by atoms with Gasteiger partial charge in [0.2, 0.25) is 10.0 Å². The Kier molecular flexibility index (Phi) is 4.54. The van der Waals surface area contributed by atoms with Gasteiger partial charge in [-0.15, -0.1) is 11.3 Å². The number of aryl methyl sites for hydroxylation is 1. The summed E-state index contributed by atoms with van der Waals surface area (Å²) in [6.45, 7) is 2.03. The van der Waals surface area contributed by atoms with Crippen molar-refractivity contribution in [1.82, 2.24) is 4.72 Å². The summed E-state index contributed by atoms with van der Waals surface area (Å²) in [6, 6.07) is 1.42. The van der Waals surface area contributed by atoms with Gasteiger partial charge in [0, 0.05) is 6.54 Å². The van der Waals surface area contributed by atoms with Gasteiger partial charge in [0.25, 0.3) is 0 Å². The molecule has 0 aromatic carbocycles. The zero-order chi connectivity index (χ0) is 14.0. The highest BCUT2D eigenvalue weighted by Crippen LogP contribution is 2.27. The van der Waals surface area contributed by atoms with E-state index in [1.54, 1.807) is 6.92 Å². The van der Waals surface area contributed by atoms with Crippen molar-refractivity contribution in [3.8, 4) is 0 Å². The average molecular weight is 321 g/mol. The number of sulfonamides is 1. The number of thiophene rings is 1. The van der Waals surface area contributed by atoms with Crippen LogP contribution in [-0.4, -0.2) is 37.5 Å². The summed E-state index contributed by atoms with van der Waals surface area (Å²) in [5.74, 6) is 1.34. The van der Waals surface area contributed by atoms with E-state index in [4.69, 9.17) is 5.11 Å². The molecule has 1 aliphatic heterocycles. The highest BCUT2D eigenvalue weighted by Gasteiger charge is 2.23. The monoisotopic (exact) mass is 321 g/mol. The van der Waals surface area contributed by atoms with E-state index in [-0.39, 0.29) is 9.09 Å². The minimum atomic E-state index is -3.59. The van der Waals surface area contributed by atoms with Crippen LogP contribution in [0.4, 0.5) is 0 Å². The van der Waals surface area contributed by atoms with Crippen molar-refractivity contribution >= 4 is 39.1 Å². The summed E-state index contributed by atoms with van der Waals surface area (Å²) in [6.07, 6.45) is 1.02. The van der Waals surface area contributed by atoms with Crippen LogP contribution >= 0.6 is 23.1 Å². The number of thioether (sulfide) groups is 1. The Hall–Kier alpha value is -0.570. The van der Waals surface area contributed by atoms with Crippen LogP contribution in [-0.2, 0) is 10.0 Å². The molecule has 19 heavy (non-hydrogen) atoms. The van der Waals surface area contributed by atoms with Crippen LogP contribution in [0.25, 0.3) is 0 Å². The molecule has 2 rings (SSSR count). The molecule has 1 fully saturated rings. The van der Waals surface area contributed by atoms with Crippen LogP contribution in [0.2, 0.25) is 0 Å². The second-order valence-corrected chi connectivity index (χ2v) is 8.66. The number of hydrogen-bond donors (Lipinski definition) is 2. The summed E-state index contributed by atoms with van der Waals surface area (Å²) in [7, 11) is -3.59. The van der Waals surface area contributed by atoms with Crippen LogP contribution in [0.5, 0.6) is 0 Å². The van der Waals surface area contributed by atoms with Gasteiger partial charge in [-0.1, -0.05) is 0 Å². The lowest BCUT2D eigenvalue weighted by molar-refractivity contribution is 0.0701. The molecule has 1 atom stereocenters. The predicted molar refractivity (Wildman–Crippen MR) is 76.6 cm³/mol. The molecule has 0 spiro atoms. The van der Waals surface area contributed by atoms with Crippen molar-refractivity contribution in [3.05, 3.63) is 16.5 Å². The van der Waals surface area contributed by atoms with Crippen LogP contribution in [0.1, 0.15) is 21.7 Å². The second-order valence-electron chi connectivity index (χ2n) is 4.46. The first-order valence-electron chi connectivity index (χ1n) is 5.81. The smallest absolute Gasteiger partial charge is 0.346 e. The summed E-state index contributed by atoms with van der Waals surface area (Å²) >= 11 is 2.63. The van der Waals surface area contributed by atoms with Crippen molar-refractivity contribution in [3.63, 3.8) is 0 Å². The summed E-state index contributed by atoms with van der Waals surface area (Å²) in [4.78, 5) is 11.0. The van der Waals surface area contributed by atoms with E-state index >= 15 is 0 Å². The van der Waals surface area contributed by atoms with Gasteiger partial charge in [0.1, 0.15) is 9.09 Å². The lowest BCUT2D eigenvalue weighted by Crippen LogP contribution is -2.28. The van der Waals surface area contributed by atoms with E-state index in [1.807, 2.05) is 11.8 Å². The zero-order valence-corrected chi connectivity index (χ0v) is 12.8. The maximum Gasteiger partial charge on any atom is 0.346 e. The van der Waals surface area contributed by atoms with E-state index < -0.39 is 16.0 Å². The summed E-state index contributed by atoms with van der Waals surface area (Å²) < 4.78 is 26.8. The van der Waals surface area contributed by atoms with E-state index in [0.29, 0.717) is 18.0 Å². The molecule has 0 bridgehead atoms. The average Bonchev–Trinajstić information content (AvgIpc) is 2.95. The fourth-order valence-corrected chi connectivity index (χ4v) is 5.66. The molecular weight excluding hydrogens is 306 g/mol. The first kappa shape index (κ1) is 14.8. The molecule has 0 radical (unpaired) electrons. The fraction of sp³-hybridized carbons (Fsp3) is 0.545. The number of carbonyl (C=O) groups is 1. The number of rotatable bonds is 5. The molecule has 1 aliphatic rings. The minimum absolute atomic E-state index is 0.0769. The first-order valence-corrected chi connectivity index (χ1v) is 9.26. The Morgan fingerprint density at radius 3 is 2.84 bits per heavy atom. The molecule has 106 valence electrons. The Bertz CT molecular complexity index is 573. The van der Waals surface area contributed by atoms with Crippen molar-refractivity contribution in [2.24, 2.45) is 5.92 Å². The number of nitrogens with one attached hydrogen (secondary N) is 1. The second kappa shape index (κ2) is 5.82. The SMILES string of the molecule is Cc1cc(S(=O)(=O)NCC2CCSC2)sc1C(=O)O. The predicted octanol–water partition coefficient (Wildman–Crippen LogP) is 1.79. The third-order valence-corrected chi connectivity index (χ3v) is 7.29. The topological polar surface area (TPSA) is 83.5 Å². The van der Waals surface area contributed by atoms with E-state index in [1.165, 1.54) is 6.07 Å². The molecule has 0 amide bonds. The van der Waals surface area contributed by atoms with E-state index in [9.17, 15) is 13.2 Å². The summed E-state index contributed by atoms with van der Waals surface area (Å²) in [5.41, 5.74) is 0.481. The van der Waals surface area contributed by atoms with Crippen LogP contribution < -0.4 is 4.72 Å². The Labute approximate surface area is 120 Å². The molecule has 1 saturated heterocycles. The molecule has 1 aromatic rings. The van der Waals surface area contributed by atoms with Gasteiger partial charge in [-0.25, -0.2) is 17.9 Å². The molecule has 1 unspecified atom stereocenters. The van der Waals surface area contributed by atoms with E-state index in [2.05, 4.69) is 4.72 Å². The van der Waals surface area contributed by atoms with Crippen molar-refractivity contribution in [2.45, 2.75) is 17.6 Å². The van der Waals surface area contributed by atoms with Gasteiger partial charge in [0.15, 0.2) is 0 Å². The lowest BCUT2D eigenvalue weighted by Gasteiger charge is -2.09. The Balaban J connectivity index is 2.10. The molecule has 0 saturated carbocycles. The van der Waals surface area contributed by atoms with Gasteiger partial charge in [-0.05, 0) is 42.4 Å². The number of carboxylic acids is 1. The normalized spacial score (nSPS) is 19.7. The highest BCUT2D eigenvalue weighted by molar-refractivity contribution is 7.99. The molecule has 5 nitrogen and oxygen atoms in total. The first-order chi connectivity index (χ1) is 8.90. The van der Waals surface area contributed by atoms with Gasteiger partial charge < -0.3 is 5.11 Å². The zero-order valence-electron chi connectivity index (χ0n) is 10.4. The van der Waals surface area contributed by atoms with Crippen LogP contribution in [0, 0.1) is 12.8 Å². The molecule has 2 heterocycles. The van der Waals surface area contributed by atoms with E-state index in [0.717, 1.165) is 29.3 Å². The lowest BCUT2D eigenvalue weighted by atomic mass is 10.1. The largest absolute Gasteiger partial charge is 0.477 e. The van der Waals surface area contributed by atoms with Crippen molar-refractivity contribution in [1.29, 1.82) is 0 Å². The molecular formula is C11H15NO4S3. The third-order valence-electron chi connectivity index (χ3n) is 2.94. The van der Waals surface area contributed by atoms with Crippen LogP contribution in [0.3, 0.4) is 0 Å². The van der Waals surface area contributed by atoms with Gasteiger partial charge >= 0.3 is 5.97 Å². The standard InChI is InChI=1S/C11H15NO4S3/c1-7-4-9(18-10(7)11(13)14)19(15,16)12-5-8-2-3-17-6-8/h4,8,12H,2-3,5-6H2,1H3,(H,13,14). The van der Waals surface area contributed by atoms with Gasteiger partial charge in [-0.2, -0.15) is 11.8 Å². The minimum Gasteiger partial charge on any atom is -0.477 e. The maximum atomic E-state index is 12.1.